The summed E-state index contributed by atoms with van der Waals surface area (Å²) in [6.45, 7) is 4.32. The predicted molar refractivity (Wildman–Crippen MR) is 86.6 cm³/mol. The zero-order chi connectivity index (χ0) is 14.8. The molecule has 1 heterocycles. The van der Waals surface area contributed by atoms with Crippen molar-refractivity contribution in [1.82, 2.24) is 4.90 Å². The SMILES string of the molecule is COc1ccc2c(c1)C(N1CCCC(C)C1CN)CCC2. The van der Waals surface area contributed by atoms with Crippen LogP contribution in [0.2, 0.25) is 0 Å². The Hall–Kier alpha value is -1.06. The molecule has 21 heavy (non-hydrogen) atoms. The van der Waals surface area contributed by atoms with Gasteiger partial charge in [-0.15, -0.1) is 0 Å². The van der Waals surface area contributed by atoms with E-state index in [1.54, 1.807) is 7.11 Å². The van der Waals surface area contributed by atoms with Gasteiger partial charge >= 0.3 is 0 Å². The van der Waals surface area contributed by atoms with Crippen LogP contribution in [0.5, 0.6) is 5.75 Å². The normalized spacial score (nSPS) is 30.0. The molecule has 116 valence electrons. The van der Waals surface area contributed by atoms with E-state index < -0.39 is 0 Å². The molecule has 0 radical (unpaired) electrons. The number of benzene rings is 1. The fourth-order valence-corrected chi connectivity index (χ4v) is 4.26. The van der Waals surface area contributed by atoms with Crippen molar-refractivity contribution in [3.63, 3.8) is 0 Å². The highest BCUT2D eigenvalue weighted by Gasteiger charge is 2.35. The quantitative estimate of drug-likeness (QED) is 0.928. The molecule has 2 N–H and O–H groups in total. The van der Waals surface area contributed by atoms with Gasteiger partial charge in [-0.1, -0.05) is 13.0 Å². The van der Waals surface area contributed by atoms with E-state index >= 15 is 0 Å². The molecule has 3 atom stereocenters. The van der Waals surface area contributed by atoms with Crippen molar-refractivity contribution < 1.29 is 4.74 Å². The van der Waals surface area contributed by atoms with E-state index in [0.717, 1.165) is 12.3 Å². The van der Waals surface area contributed by atoms with Crippen LogP contribution in [0.25, 0.3) is 0 Å². The Bertz CT molecular complexity index is 488. The van der Waals surface area contributed by atoms with Gasteiger partial charge in [-0.2, -0.15) is 0 Å². The van der Waals surface area contributed by atoms with E-state index in [0.29, 0.717) is 18.0 Å². The van der Waals surface area contributed by atoms with Gasteiger partial charge in [0.25, 0.3) is 0 Å². The second kappa shape index (κ2) is 6.37. The maximum atomic E-state index is 6.10. The summed E-state index contributed by atoms with van der Waals surface area (Å²) in [7, 11) is 1.76. The molecule has 1 aliphatic carbocycles. The summed E-state index contributed by atoms with van der Waals surface area (Å²) < 4.78 is 5.45. The Morgan fingerprint density at radius 2 is 2.14 bits per heavy atom. The Morgan fingerprint density at radius 1 is 1.29 bits per heavy atom. The van der Waals surface area contributed by atoms with E-state index in [9.17, 15) is 0 Å². The first kappa shape index (κ1) is 14.9. The van der Waals surface area contributed by atoms with Crippen LogP contribution in [0.4, 0.5) is 0 Å². The molecule has 1 saturated heterocycles. The van der Waals surface area contributed by atoms with Crippen molar-refractivity contribution in [1.29, 1.82) is 0 Å². The number of fused-ring (bicyclic) bond motifs is 1. The molecule has 0 amide bonds. The van der Waals surface area contributed by atoms with Crippen LogP contribution in [0.3, 0.4) is 0 Å². The Labute approximate surface area is 128 Å². The molecule has 0 saturated carbocycles. The fraction of sp³-hybridized carbons (Fsp3) is 0.667. The summed E-state index contributed by atoms with van der Waals surface area (Å²) in [5, 5.41) is 0. The number of nitrogens with zero attached hydrogens (tertiary/aromatic N) is 1. The van der Waals surface area contributed by atoms with Crippen LogP contribution in [-0.2, 0) is 6.42 Å². The van der Waals surface area contributed by atoms with Crippen molar-refractivity contribution in [2.75, 3.05) is 20.2 Å². The molecule has 1 fully saturated rings. The molecule has 3 nitrogen and oxygen atoms in total. The average Bonchev–Trinajstić information content (AvgIpc) is 2.53. The van der Waals surface area contributed by atoms with Crippen molar-refractivity contribution in [3.05, 3.63) is 29.3 Å². The number of hydrogen-bond acceptors (Lipinski definition) is 3. The monoisotopic (exact) mass is 288 g/mol. The standard InChI is InChI=1S/C18H28N2O/c1-13-5-4-10-20(18(13)12-19)17-7-3-6-14-8-9-15(21-2)11-16(14)17/h8-9,11,13,17-18H,3-7,10,12,19H2,1-2H3. The number of hydrogen-bond donors (Lipinski definition) is 1. The molecule has 3 unspecified atom stereocenters. The highest BCUT2D eigenvalue weighted by Crippen LogP contribution is 2.40. The number of aryl methyl sites for hydroxylation is 1. The summed E-state index contributed by atoms with van der Waals surface area (Å²) in [6.07, 6.45) is 6.35. The zero-order valence-corrected chi connectivity index (χ0v) is 13.3. The van der Waals surface area contributed by atoms with Crippen LogP contribution in [0, 0.1) is 5.92 Å². The van der Waals surface area contributed by atoms with Gasteiger partial charge in [0.05, 0.1) is 7.11 Å². The minimum Gasteiger partial charge on any atom is -0.497 e. The largest absolute Gasteiger partial charge is 0.497 e. The van der Waals surface area contributed by atoms with Crippen molar-refractivity contribution in [2.45, 2.75) is 51.1 Å². The lowest BCUT2D eigenvalue weighted by atomic mass is 9.82. The van der Waals surface area contributed by atoms with Gasteiger partial charge in [-0.05, 0) is 67.8 Å². The third kappa shape index (κ3) is 2.82. The minimum atomic E-state index is 0.528. The molecule has 2 aliphatic rings. The average molecular weight is 288 g/mol. The van der Waals surface area contributed by atoms with Crippen LogP contribution >= 0.6 is 0 Å². The second-order valence-electron chi connectivity index (χ2n) is 6.63. The van der Waals surface area contributed by atoms with Crippen LogP contribution < -0.4 is 10.5 Å². The number of methoxy groups -OCH3 is 1. The highest BCUT2D eigenvalue weighted by molar-refractivity contribution is 5.39. The van der Waals surface area contributed by atoms with E-state index in [1.165, 1.54) is 49.8 Å². The van der Waals surface area contributed by atoms with Gasteiger partial charge in [-0.3, -0.25) is 4.90 Å². The van der Waals surface area contributed by atoms with Gasteiger partial charge in [0.2, 0.25) is 0 Å². The molecule has 0 aromatic heterocycles. The topological polar surface area (TPSA) is 38.5 Å². The number of ether oxygens (including phenoxy) is 1. The first-order valence-corrected chi connectivity index (χ1v) is 8.37. The third-order valence-electron chi connectivity index (χ3n) is 5.44. The Balaban J connectivity index is 1.93. The lowest BCUT2D eigenvalue weighted by Crippen LogP contribution is -2.50. The maximum Gasteiger partial charge on any atom is 0.119 e. The number of nitrogens with two attached hydrogens (primary N) is 1. The molecular formula is C18H28N2O. The lowest BCUT2D eigenvalue weighted by molar-refractivity contribution is 0.0536. The zero-order valence-electron chi connectivity index (χ0n) is 13.3. The Morgan fingerprint density at radius 3 is 2.90 bits per heavy atom. The number of likely N-dealkylation sites (tertiary alicyclic amines) is 1. The number of rotatable bonds is 3. The first-order chi connectivity index (χ1) is 10.2. The summed E-state index contributed by atoms with van der Waals surface area (Å²) in [5.41, 5.74) is 9.08. The van der Waals surface area contributed by atoms with Crippen LogP contribution in [0.1, 0.15) is 49.8 Å². The second-order valence-corrected chi connectivity index (χ2v) is 6.63. The molecular weight excluding hydrogens is 260 g/mol. The Kier molecular flexibility index (Phi) is 4.51. The molecule has 3 heteroatoms. The summed E-state index contributed by atoms with van der Waals surface area (Å²) in [6, 6.07) is 7.67. The van der Waals surface area contributed by atoms with Crippen molar-refractivity contribution in [3.8, 4) is 5.75 Å². The minimum absolute atomic E-state index is 0.528. The van der Waals surface area contributed by atoms with Crippen molar-refractivity contribution in [2.24, 2.45) is 11.7 Å². The van der Waals surface area contributed by atoms with E-state index in [-0.39, 0.29) is 0 Å². The number of piperidine rings is 1. The summed E-state index contributed by atoms with van der Waals surface area (Å²) in [4.78, 5) is 2.69. The summed E-state index contributed by atoms with van der Waals surface area (Å²) >= 11 is 0. The van der Waals surface area contributed by atoms with Gasteiger partial charge in [0.15, 0.2) is 0 Å². The molecule has 3 rings (SSSR count). The fourth-order valence-electron chi connectivity index (χ4n) is 4.26. The van der Waals surface area contributed by atoms with Crippen LogP contribution in [0.15, 0.2) is 18.2 Å². The smallest absolute Gasteiger partial charge is 0.119 e. The van der Waals surface area contributed by atoms with Gasteiger partial charge in [0, 0.05) is 18.6 Å². The van der Waals surface area contributed by atoms with E-state index in [4.69, 9.17) is 10.5 Å². The highest BCUT2D eigenvalue weighted by atomic mass is 16.5. The van der Waals surface area contributed by atoms with Gasteiger partial charge < -0.3 is 10.5 Å². The molecule has 0 bridgehead atoms. The van der Waals surface area contributed by atoms with Crippen LogP contribution in [-0.4, -0.2) is 31.1 Å². The summed E-state index contributed by atoms with van der Waals surface area (Å²) in [5.74, 6) is 1.69. The van der Waals surface area contributed by atoms with Gasteiger partial charge in [-0.25, -0.2) is 0 Å². The molecule has 1 aromatic carbocycles. The lowest BCUT2D eigenvalue weighted by Gasteiger charge is -2.46. The van der Waals surface area contributed by atoms with Gasteiger partial charge in [0.1, 0.15) is 5.75 Å². The first-order valence-electron chi connectivity index (χ1n) is 8.37. The molecule has 0 spiro atoms. The molecule has 1 aromatic rings. The predicted octanol–water partition coefficient (Wildman–Crippen LogP) is 3.13. The third-order valence-corrected chi connectivity index (χ3v) is 5.44. The van der Waals surface area contributed by atoms with E-state index in [1.807, 2.05) is 0 Å². The van der Waals surface area contributed by atoms with E-state index in [2.05, 4.69) is 30.0 Å². The molecule has 1 aliphatic heterocycles. The maximum absolute atomic E-state index is 6.10. The van der Waals surface area contributed by atoms with Crippen molar-refractivity contribution >= 4 is 0 Å².